The van der Waals surface area contributed by atoms with E-state index in [0.29, 0.717) is 12.5 Å². The van der Waals surface area contributed by atoms with Gasteiger partial charge in [-0.05, 0) is 12.3 Å². The molecule has 0 aromatic carbocycles. The summed E-state index contributed by atoms with van der Waals surface area (Å²) in [5, 5.41) is 6.17. The van der Waals surface area contributed by atoms with Crippen LogP contribution < -0.4 is 10.6 Å². The Balaban J connectivity index is 3.12. The zero-order valence-corrected chi connectivity index (χ0v) is 6.85. The monoisotopic (exact) mass is 143 g/mol. The van der Waals surface area contributed by atoms with Crippen molar-refractivity contribution in [3.63, 3.8) is 0 Å². The molecule has 0 spiro atoms. The van der Waals surface area contributed by atoms with Gasteiger partial charge in [0.2, 0.25) is 0 Å². The predicted molar refractivity (Wildman–Crippen MR) is 40.9 cm³/mol. The lowest BCUT2D eigenvalue weighted by molar-refractivity contribution is 0.241. The molecule has 0 rings (SSSR count). The Labute approximate surface area is 62.2 Å². The molecule has 0 atom stereocenters. The van der Waals surface area contributed by atoms with E-state index in [1.807, 2.05) is 0 Å². The molecule has 0 unspecified atom stereocenters. The largest absolute Gasteiger partial charge is 0.340 e. The molecule has 0 bridgehead atoms. The van der Waals surface area contributed by atoms with Gasteiger partial charge in [0.15, 0.2) is 0 Å². The zero-order chi connectivity index (χ0) is 7.98. The van der Waals surface area contributed by atoms with Crippen molar-refractivity contribution in [1.82, 2.24) is 10.6 Å². The second-order valence-electron chi connectivity index (χ2n) is 2.62. The Morgan fingerprint density at radius 1 is 1.60 bits per heavy atom. The zero-order valence-electron chi connectivity index (χ0n) is 6.85. The van der Waals surface area contributed by atoms with Gasteiger partial charge in [-0.2, -0.15) is 0 Å². The lowest BCUT2D eigenvalue weighted by Crippen LogP contribution is -2.27. The molecule has 59 valence electrons. The highest BCUT2D eigenvalue weighted by Gasteiger charge is 1.98. The highest BCUT2D eigenvalue weighted by Crippen LogP contribution is 1.96. The van der Waals surface area contributed by atoms with Gasteiger partial charge in [0.05, 0.1) is 0 Å². The minimum atomic E-state index is -0.222. The number of hydrogen-bond acceptors (Lipinski definition) is 1. The fraction of sp³-hybridized carbons (Fsp3) is 0.857. The number of urea groups is 1. The molecule has 0 saturated heterocycles. The molecule has 0 aliphatic rings. The number of carbonyl (C=O) groups excluding carboxylic acids is 1. The van der Waals surface area contributed by atoms with Crippen LogP contribution in [0.2, 0.25) is 0 Å². The number of rotatable bonds is 3. The maximum atomic E-state index is 10.5. The highest BCUT2D eigenvalue weighted by molar-refractivity contribution is 5.72. The molecule has 0 aromatic heterocycles. The lowest BCUT2D eigenvalue weighted by atomic mass is 10.1. The van der Waals surface area contributed by atoms with Crippen molar-refractivity contribution in [2.75, 3.05) is 13.6 Å². The second-order valence-corrected chi connectivity index (χ2v) is 2.62. The van der Waals surface area contributed by atoms with Crippen LogP contribution in [-0.2, 0) is 0 Å². The van der Waals surface area contributed by atoms with Crippen LogP contribution in [0, 0.1) is 5.92 Å². The summed E-state index contributed by atoms with van der Waals surface area (Å²) in [5.41, 5.74) is 0. The van der Waals surface area contributed by atoms with Crippen LogP contribution in [0.5, 0.6) is 0 Å². The molecule has 1 radical (unpaired) electrons. The summed E-state index contributed by atoms with van der Waals surface area (Å²) in [5.74, 6) is 0.619. The van der Waals surface area contributed by atoms with Crippen molar-refractivity contribution < 1.29 is 4.79 Å². The first-order valence-corrected chi connectivity index (χ1v) is 3.56. The van der Waals surface area contributed by atoms with E-state index in [-0.39, 0.29) is 6.03 Å². The van der Waals surface area contributed by atoms with Crippen molar-refractivity contribution in [1.29, 1.82) is 0 Å². The van der Waals surface area contributed by atoms with E-state index < -0.39 is 0 Å². The Morgan fingerprint density at radius 2 is 2.20 bits per heavy atom. The van der Waals surface area contributed by atoms with Crippen LogP contribution in [0.25, 0.3) is 0 Å². The summed E-state index contributed by atoms with van der Waals surface area (Å²) >= 11 is 0. The van der Waals surface area contributed by atoms with E-state index in [9.17, 15) is 4.79 Å². The Hall–Kier alpha value is -0.730. The number of hydrogen-bond donors (Lipinski definition) is 1. The van der Waals surface area contributed by atoms with Crippen molar-refractivity contribution >= 4 is 6.03 Å². The third-order valence-electron chi connectivity index (χ3n) is 1.18. The van der Waals surface area contributed by atoms with E-state index in [1.165, 1.54) is 0 Å². The maximum absolute atomic E-state index is 10.5. The molecular weight excluding hydrogens is 128 g/mol. The van der Waals surface area contributed by atoms with Gasteiger partial charge in [0.25, 0.3) is 0 Å². The van der Waals surface area contributed by atoms with Crippen molar-refractivity contribution in [2.24, 2.45) is 5.92 Å². The second kappa shape index (κ2) is 5.09. The molecule has 10 heavy (non-hydrogen) atoms. The summed E-state index contributed by atoms with van der Waals surface area (Å²) in [6.45, 7) is 4.86. The third-order valence-corrected chi connectivity index (χ3v) is 1.18. The molecule has 1 N–H and O–H groups in total. The minimum absolute atomic E-state index is 0.222. The first-order chi connectivity index (χ1) is 4.66. The first-order valence-electron chi connectivity index (χ1n) is 3.56. The average Bonchev–Trinajstić information content (AvgIpc) is 1.87. The van der Waals surface area contributed by atoms with E-state index >= 15 is 0 Å². The Kier molecular flexibility index (Phi) is 4.72. The number of nitrogens with zero attached hydrogens (tertiary/aromatic N) is 1. The van der Waals surface area contributed by atoms with Gasteiger partial charge in [-0.25, -0.2) is 10.1 Å². The summed E-state index contributed by atoms with van der Waals surface area (Å²) < 4.78 is 0. The summed E-state index contributed by atoms with van der Waals surface area (Å²) in [7, 11) is 1.58. The van der Waals surface area contributed by atoms with Gasteiger partial charge in [-0.15, -0.1) is 0 Å². The molecule has 0 aliphatic carbocycles. The van der Waals surface area contributed by atoms with E-state index in [0.717, 1.165) is 6.42 Å². The predicted octanol–water partition coefficient (Wildman–Crippen LogP) is 0.976. The summed E-state index contributed by atoms with van der Waals surface area (Å²) in [6, 6.07) is -0.222. The highest BCUT2D eigenvalue weighted by atomic mass is 16.2. The van der Waals surface area contributed by atoms with Gasteiger partial charge >= 0.3 is 6.03 Å². The van der Waals surface area contributed by atoms with Crippen molar-refractivity contribution in [3.05, 3.63) is 0 Å². The van der Waals surface area contributed by atoms with E-state index in [1.54, 1.807) is 7.05 Å². The SMILES string of the molecule is CNC(=O)[N]CCC(C)C. The molecule has 0 saturated carbocycles. The quantitative estimate of drug-likeness (QED) is 0.628. The molecule has 0 aliphatic heterocycles. The number of carbonyl (C=O) groups is 1. The van der Waals surface area contributed by atoms with Crippen molar-refractivity contribution in [2.45, 2.75) is 20.3 Å². The summed E-state index contributed by atoms with van der Waals surface area (Å²) in [4.78, 5) is 10.5. The standard InChI is InChI=1S/C7H15N2O/c1-6(2)4-5-9-7(10)8-3/h6H,4-5H2,1-3H3,(H,8,10). The van der Waals surface area contributed by atoms with Crippen LogP contribution in [0.1, 0.15) is 20.3 Å². The van der Waals surface area contributed by atoms with Gasteiger partial charge in [0.1, 0.15) is 0 Å². The smallest absolute Gasteiger partial charge is 0.336 e. The van der Waals surface area contributed by atoms with Crippen LogP contribution in [0.3, 0.4) is 0 Å². The summed E-state index contributed by atoms with van der Waals surface area (Å²) in [6.07, 6.45) is 0.980. The van der Waals surface area contributed by atoms with Crippen LogP contribution >= 0.6 is 0 Å². The van der Waals surface area contributed by atoms with Gasteiger partial charge in [-0.1, -0.05) is 13.8 Å². The normalized spacial score (nSPS) is 9.60. The molecular formula is C7H15N2O. The topological polar surface area (TPSA) is 43.2 Å². The molecule has 2 amide bonds. The van der Waals surface area contributed by atoms with Crippen LogP contribution in [-0.4, -0.2) is 19.6 Å². The molecule has 0 heterocycles. The average molecular weight is 143 g/mol. The van der Waals surface area contributed by atoms with Gasteiger partial charge in [-0.3, -0.25) is 0 Å². The minimum Gasteiger partial charge on any atom is -0.340 e. The first kappa shape index (κ1) is 9.27. The van der Waals surface area contributed by atoms with Crippen LogP contribution in [0.4, 0.5) is 4.79 Å². The Bertz CT molecular complexity index is 102. The Morgan fingerprint density at radius 3 is 2.60 bits per heavy atom. The molecule has 0 fully saturated rings. The van der Waals surface area contributed by atoms with Crippen molar-refractivity contribution in [3.8, 4) is 0 Å². The number of amides is 2. The third kappa shape index (κ3) is 5.41. The van der Waals surface area contributed by atoms with Crippen LogP contribution in [0.15, 0.2) is 0 Å². The molecule has 0 aromatic rings. The maximum Gasteiger partial charge on any atom is 0.336 e. The fourth-order valence-corrected chi connectivity index (χ4v) is 0.503. The fourth-order valence-electron chi connectivity index (χ4n) is 0.503. The van der Waals surface area contributed by atoms with E-state index in [4.69, 9.17) is 0 Å². The molecule has 3 nitrogen and oxygen atoms in total. The van der Waals surface area contributed by atoms with E-state index in [2.05, 4.69) is 24.5 Å². The van der Waals surface area contributed by atoms with Gasteiger partial charge in [0, 0.05) is 13.6 Å². The lowest BCUT2D eigenvalue weighted by Gasteiger charge is -2.02. The molecule has 3 heteroatoms. The van der Waals surface area contributed by atoms with Gasteiger partial charge < -0.3 is 5.32 Å². The number of nitrogens with one attached hydrogen (secondary N) is 1.